The fraction of sp³-hybridized carbons (Fsp3) is 0.280. The van der Waals surface area contributed by atoms with Gasteiger partial charge in [-0.1, -0.05) is 53.5 Å². The van der Waals surface area contributed by atoms with E-state index in [1.807, 2.05) is 31.2 Å². The molecule has 6 nitrogen and oxygen atoms in total. The van der Waals surface area contributed by atoms with Crippen LogP contribution in [-0.2, 0) is 18.4 Å². The van der Waals surface area contributed by atoms with Crippen LogP contribution in [0, 0.1) is 5.92 Å². The summed E-state index contributed by atoms with van der Waals surface area (Å²) in [4.78, 5) is 27.1. The van der Waals surface area contributed by atoms with Crippen LogP contribution in [0.4, 0.5) is 0 Å². The van der Waals surface area contributed by atoms with Gasteiger partial charge in [0.15, 0.2) is 11.4 Å². The molecule has 1 aliphatic heterocycles. The smallest absolute Gasteiger partial charge is 0.277 e. The van der Waals surface area contributed by atoms with E-state index >= 15 is 0 Å². The number of carbonyl (C=O) groups excluding carboxylic acids is 1. The SMILES string of the molecule is CCN1CN(C23c4ccccc4CC2Cc2c3ccc(Cl)c2Cl)n2ccc(=O)c(O)c2C1=O. The molecule has 0 radical (unpaired) electrons. The van der Waals surface area contributed by atoms with Crippen molar-refractivity contribution in [2.24, 2.45) is 5.92 Å². The zero-order chi connectivity index (χ0) is 23.1. The lowest BCUT2D eigenvalue weighted by molar-refractivity contribution is 0.0658. The number of nitrogens with zero attached hydrogens (tertiary/aromatic N) is 3. The van der Waals surface area contributed by atoms with E-state index in [1.54, 1.807) is 15.8 Å². The minimum absolute atomic E-state index is 0.0124. The van der Waals surface area contributed by atoms with Gasteiger partial charge in [0.2, 0.25) is 5.43 Å². The number of carbonyl (C=O) groups is 1. The fourth-order valence-electron chi connectivity index (χ4n) is 6.06. The number of aromatic nitrogens is 1. The van der Waals surface area contributed by atoms with E-state index in [0.717, 1.165) is 29.5 Å². The molecule has 1 aromatic heterocycles. The van der Waals surface area contributed by atoms with Crippen molar-refractivity contribution >= 4 is 29.1 Å². The molecular formula is C25H21Cl2N3O3. The van der Waals surface area contributed by atoms with Gasteiger partial charge in [0.1, 0.15) is 12.2 Å². The van der Waals surface area contributed by atoms with Crippen molar-refractivity contribution in [2.45, 2.75) is 25.3 Å². The van der Waals surface area contributed by atoms with Crippen LogP contribution in [0.15, 0.2) is 53.5 Å². The summed E-state index contributed by atoms with van der Waals surface area (Å²) in [5.74, 6) is -0.755. The third-order valence-corrected chi connectivity index (χ3v) is 8.28. The maximum atomic E-state index is 13.2. The first-order valence-electron chi connectivity index (χ1n) is 11.0. The van der Waals surface area contributed by atoms with E-state index < -0.39 is 16.7 Å². The predicted octanol–water partition coefficient (Wildman–Crippen LogP) is 3.90. The third kappa shape index (κ3) is 2.51. The van der Waals surface area contributed by atoms with Crippen molar-refractivity contribution in [1.82, 2.24) is 9.58 Å². The lowest BCUT2D eigenvalue weighted by Gasteiger charge is -2.50. The highest BCUT2D eigenvalue weighted by atomic mass is 35.5. The number of hydrogen-bond acceptors (Lipinski definition) is 4. The van der Waals surface area contributed by atoms with Crippen molar-refractivity contribution in [3.63, 3.8) is 0 Å². The normalized spacial score (nSPS) is 22.8. The topological polar surface area (TPSA) is 65.8 Å². The Morgan fingerprint density at radius 3 is 2.64 bits per heavy atom. The van der Waals surface area contributed by atoms with Crippen LogP contribution in [0.25, 0.3) is 0 Å². The van der Waals surface area contributed by atoms with Crippen molar-refractivity contribution < 1.29 is 9.90 Å². The van der Waals surface area contributed by atoms with Gasteiger partial charge in [0.05, 0.1) is 10.0 Å². The zero-order valence-electron chi connectivity index (χ0n) is 17.9. The van der Waals surface area contributed by atoms with E-state index in [0.29, 0.717) is 23.3 Å². The quantitative estimate of drug-likeness (QED) is 0.602. The second kappa shape index (κ2) is 7.02. The van der Waals surface area contributed by atoms with Crippen molar-refractivity contribution in [3.8, 4) is 5.75 Å². The molecule has 0 saturated heterocycles. The maximum absolute atomic E-state index is 13.2. The van der Waals surface area contributed by atoms with Crippen LogP contribution in [0.2, 0.25) is 10.0 Å². The summed E-state index contributed by atoms with van der Waals surface area (Å²) in [5, 5.41) is 13.8. The molecule has 3 aromatic rings. The Labute approximate surface area is 200 Å². The van der Waals surface area contributed by atoms with Gasteiger partial charge in [-0.25, -0.2) is 0 Å². The summed E-state index contributed by atoms with van der Waals surface area (Å²) < 4.78 is 1.66. The number of halogens is 2. The van der Waals surface area contributed by atoms with E-state index in [4.69, 9.17) is 23.2 Å². The van der Waals surface area contributed by atoms with Crippen LogP contribution in [0.1, 0.15) is 39.7 Å². The Hall–Kier alpha value is -2.96. The van der Waals surface area contributed by atoms with Gasteiger partial charge in [-0.15, -0.1) is 0 Å². The van der Waals surface area contributed by atoms with Gasteiger partial charge in [-0.2, -0.15) is 0 Å². The van der Waals surface area contributed by atoms with Gasteiger partial charge in [-0.05, 0) is 48.1 Å². The molecule has 2 unspecified atom stereocenters. The molecule has 8 heteroatoms. The van der Waals surface area contributed by atoms with E-state index in [2.05, 4.69) is 17.1 Å². The highest BCUT2D eigenvalue weighted by Gasteiger charge is 2.59. The summed E-state index contributed by atoms with van der Waals surface area (Å²) in [6.45, 7) is 2.63. The summed E-state index contributed by atoms with van der Waals surface area (Å²) >= 11 is 13.1. The van der Waals surface area contributed by atoms with E-state index in [-0.39, 0.29) is 17.5 Å². The maximum Gasteiger partial charge on any atom is 0.277 e. The Balaban J connectivity index is 1.71. The summed E-state index contributed by atoms with van der Waals surface area (Å²) in [7, 11) is 0. The average molecular weight is 482 g/mol. The molecule has 2 atom stereocenters. The highest BCUT2D eigenvalue weighted by molar-refractivity contribution is 6.42. The molecule has 1 amide bonds. The molecule has 2 heterocycles. The molecule has 0 spiro atoms. The Bertz CT molecular complexity index is 1400. The van der Waals surface area contributed by atoms with Crippen LogP contribution in [0.3, 0.4) is 0 Å². The Kier molecular flexibility index (Phi) is 4.39. The minimum Gasteiger partial charge on any atom is -0.502 e. The average Bonchev–Trinajstić information content (AvgIpc) is 3.31. The number of amides is 1. The summed E-state index contributed by atoms with van der Waals surface area (Å²) in [6, 6.07) is 13.5. The van der Waals surface area contributed by atoms with Gasteiger partial charge >= 0.3 is 0 Å². The number of fused-ring (bicyclic) bond motifs is 6. The highest BCUT2D eigenvalue weighted by Crippen LogP contribution is 2.58. The van der Waals surface area contributed by atoms with Crippen molar-refractivity contribution in [3.05, 3.63) is 96.9 Å². The second-order valence-corrected chi connectivity index (χ2v) is 9.63. The number of pyridine rings is 1. The number of aromatic hydroxyl groups is 1. The van der Waals surface area contributed by atoms with Crippen molar-refractivity contribution in [2.75, 3.05) is 18.2 Å². The molecule has 33 heavy (non-hydrogen) atoms. The molecule has 3 aliphatic rings. The number of benzene rings is 2. The van der Waals surface area contributed by atoms with Gasteiger partial charge in [0.25, 0.3) is 5.91 Å². The largest absolute Gasteiger partial charge is 0.502 e. The Morgan fingerprint density at radius 1 is 1.06 bits per heavy atom. The van der Waals surface area contributed by atoms with E-state index in [1.165, 1.54) is 11.6 Å². The second-order valence-electron chi connectivity index (χ2n) is 8.84. The van der Waals surface area contributed by atoms with Gasteiger partial charge in [-0.3, -0.25) is 19.3 Å². The van der Waals surface area contributed by atoms with Crippen LogP contribution in [-0.4, -0.2) is 33.8 Å². The molecule has 0 bridgehead atoms. The third-order valence-electron chi connectivity index (χ3n) is 7.44. The first-order chi connectivity index (χ1) is 15.9. The standard InChI is InChI=1S/C25H21Cl2N3O3/c1-2-28-13-30(29-10-9-20(31)23(32)22(29)24(28)33)25-15(11-14-5-3-4-6-17(14)25)12-16-18(25)7-8-19(26)21(16)27/h3-10,15,32H,2,11-13H2,1H3. The van der Waals surface area contributed by atoms with Crippen LogP contribution >= 0.6 is 23.2 Å². The van der Waals surface area contributed by atoms with Gasteiger partial charge in [0, 0.05) is 24.7 Å². The Morgan fingerprint density at radius 2 is 1.85 bits per heavy atom. The monoisotopic (exact) mass is 481 g/mol. The van der Waals surface area contributed by atoms with Crippen LogP contribution in [0.5, 0.6) is 5.75 Å². The lowest BCUT2D eigenvalue weighted by atomic mass is 9.81. The number of rotatable bonds is 2. The molecule has 1 N–H and O–H groups in total. The first kappa shape index (κ1) is 20.6. The number of hydrogen-bond donors (Lipinski definition) is 1. The van der Waals surface area contributed by atoms with Crippen LogP contribution < -0.4 is 10.4 Å². The van der Waals surface area contributed by atoms with Gasteiger partial charge < -0.3 is 10.0 Å². The molecule has 168 valence electrons. The minimum atomic E-state index is -0.634. The molecule has 2 aromatic carbocycles. The fourth-order valence-corrected chi connectivity index (χ4v) is 6.48. The molecule has 2 aliphatic carbocycles. The van der Waals surface area contributed by atoms with Crippen molar-refractivity contribution in [1.29, 1.82) is 0 Å². The summed E-state index contributed by atoms with van der Waals surface area (Å²) in [6.07, 6.45) is 3.17. The lowest BCUT2D eigenvalue weighted by Crippen LogP contribution is -2.63. The first-order valence-corrected chi connectivity index (χ1v) is 11.7. The predicted molar refractivity (Wildman–Crippen MR) is 127 cm³/mol. The molecular weight excluding hydrogens is 461 g/mol. The summed E-state index contributed by atoms with van der Waals surface area (Å²) in [5.41, 5.74) is 3.21. The zero-order valence-corrected chi connectivity index (χ0v) is 19.4. The molecule has 0 fully saturated rings. The molecule has 0 saturated carbocycles. The molecule has 6 rings (SSSR count). The van der Waals surface area contributed by atoms with E-state index in [9.17, 15) is 14.7 Å².